The Morgan fingerprint density at radius 1 is 1.18 bits per heavy atom. The number of halogens is 2. The van der Waals surface area contributed by atoms with Crippen LogP contribution in [-0.4, -0.2) is 5.11 Å². The average Bonchev–Trinajstić information content (AvgIpc) is 2.60. The molecule has 3 heteroatoms. The Balaban J connectivity index is 2.11. The van der Waals surface area contributed by atoms with Crippen molar-refractivity contribution in [3.63, 3.8) is 0 Å². The molecular weight excluding hydrogens is 300 g/mol. The van der Waals surface area contributed by atoms with E-state index in [-0.39, 0.29) is 6.10 Å². The predicted octanol–water partition coefficient (Wildman–Crippen LogP) is 5.11. The van der Waals surface area contributed by atoms with Gasteiger partial charge in [-0.15, -0.1) is 0 Å². The van der Waals surface area contributed by atoms with Crippen molar-refractivity contribution in [3.8, 4) is 0 Å². The van der Waals surface area contributed by atoms with Gasteiger partial charge in [0.15, 0.2) is 0 Å². The Morgan fingerprint density at radius 2 is 1.82 bits per heavy atom. The third-order valence-electron chi connectivity index (χ3n) is 3.63. The molecule has 0 radical (unpaired) electrons. The second-order valence-electron chi connectivity index (χ2n) is 4.87. The lowest BCUT2D eigenvalue weighted by Crippen LogP contribution is -2.11. The minimum absolute atomic E-state index is 0.362. The molecule has 1 N–H and O–H groups in total. The number of aliphatic hydroxyl groups is 1. The van der Waals surface area contributed by atoms with Gasteiger partial charge in [0.2, 0.25) is 0 Å². The van der Waals surface area contributed by atoms with Gasteiger partial charge in [0, 0.05) is 4.47 Å². The summed E-state index contributed by atoms with van der Waals surface area (Å²) in [5.74, 6) is 0.398. The van der Waals surface area contributed by atoms with E-state index in [1.165, 1.54) is 25.7 Å². The van der Waals surface area contributed by atoms with Gasteiger partial charge in [0.25, 0.3) is 0 Å². The molecule has 0 amide bonds. The van der Waals surface area contributed by atoms with E-state index in [0.29, 0.717) is 10.9 Å². The number of aliphatic hydroxyl groups excluding tert-OH is 1. The zero-order valence-corrected chi connectivity index (χ0v) is 12.2. The molecular formula is C14H18BrClO. The fraction of sp³-hybridized carbons (Fsp3) is 0.571. The van der Waals surface area contributed by atoms with E-state index in [1.54, 1.807) is 0 Å². The highest BCUT2D eigenvalue weighted by Gasteiger charge is 2.22. The van der Waals surface area contributed by atoms with Crippen LogP contribution in [0.1, 0.15) is 50.2 Å². The van der Waals surface area contributed by atoms with E-state index < -0.39 is 0 Å². The Morgan fingerprint density at radius 3 is 2.41 bits per heavy atom. The molecule has 1 saturated carbocycles. The summed E-state index contributed by atoms with van der Waals surface area (Å²) in [7, 11) is 0. The molecule has 1 fully saturated rings. The van der Waals surface area contributed by atoms with Crippen LogP contribution in [-0.2, 0) is 0 Å². The average molecular weight is 318 g/mol. The highest BCUT2D eigenvalue weighted by Crippen LogP contribution is 2.35. The molecule has 0 saturated heterocycles. The maximum atomic E-state index is 10.4. The number of rotatable bonds is 2. The van der Waals surface area contributed by atoms with Crippen molar-refractivity contribution in [1.82, 2.24) is 0 Å². The van der Waals surface area contributed by atoms with Gasteiger partial charge < -0.3 is 5.11 Å². The van der Waals surface area contributed by atoms with Crippen molar-refractivity contribution in [2.45, 2.75) is 44.6 Å². The summed E-state index contributed by atoms with van der Waals surface area (Å²) >= 11 is 9.44. The van der Waals surface area contributed by atoms with Gasteiger partial charge in [-0.05, 0) is 52.4 Å². The molecule has 1 aliphatic carbocycles. The molecule has 1 aromatic rings. The minimum Gasteiger partial charge on any atom is -0.388 e. The van der Waals surface area contributed by atoms with Crippen molar-refractivity contribution >= 4 is 27.5 Å². The van der Waals surface area contributed by atoms with E-state index in [9.17, 15) is 5.11 Å². The molecule has 17 heavy (non-hydrogen) atoms. The summed E-state index contributed by atoms with van der Waals surface area (Å²) in [6, 6.07) is 5.75. The minimum atomic E-state index is -0.362. The molecule has 1 atom stereocenters. The van der Waals surface area contributed by atoms with Gasteiger partial charge in [-0.3, -0.25) is 0 Å². The molecule has 2 rings (SSSR count). The van der Waals surface area contributed by atoms with Crippen LogP contribution in [0.3, 0.4) is 0 Å². The van der Waals surface area contributed by atoms with Crippen LogP contribution in [0.5, 0.6) is 0 Å². The van der Waals surface area contributed by atoms with E-state index in [2.05, 4.69) is 15.9 Å². The van der Waals surface area contributed by atoms with Crippen molar-refractivity contribution in [2.24, 2.45) is 5.92 Å². The first-order chi connectivity index (χ1) is 8.18. The van der Waals surface area contributed by atoms with E-state index in [4.69, 9.17) is 11.6 Å². The lowest BCUT2D eigenvalue weighted by atomic mass is 9.89. The Kier molecular flexibility index (Phi) is 4.89. The van der Waals surface area contributed by atoms with Crippen LogP contribution in [0, 0.1) is 5.92 Å². The predicted molar refractivity (Wildman–Crippen MR) is 75.3 cm³/mol. The highest BCUT2D eigenvalue weighted by atomic mass is 79.9. The first-order valence-electron chi connectivity index (χ1n) is 6.31. The SMILES string of the molecule is OC(c1ccc(Br)c(Cl)c1)C1CCCCCC1. The number of hydrogen-bond donors (Lipinski definition) is 1. The number of benzene rings is 1. The van der Waals surface area contributed by atoms with Gasteiger partial charge in [-0.1, -0.05) is 43.4 Å². The summed E-state index contributed by atoms with van der Waals surface area (Å²) in [5.41, 5.74) is 0.949. The molecule has 0 spiro atoms. The number of hydrogen-bond acceptors (Lipinski definition) is 1. The summed E-state index contributed by atoms with van der Waals surface area (Å²) in [5, 5.41) is 11.1. The van der Waals surface area contributed by atoms with Crippen LogP contribution in [0.2, 0.25) is 5.02 Å². The standard InChI is InChI=1S/C14H18BrClO/c15-12-8-7-11(9-13(12)16)14(17)10-5-3-1-2-4-6-10/h7-10,14,17H,1-6H2. The highest BCUT2D eigenvalue weighted by molar-refractivity contribution is 9.10. The van der Waals surface area contributed by atoms with Crippen LogP contribution in [0.15, 0.2) is 22.7 Å². The van der Waals surface area contributed by atoms with Crippen molar-refractivity contribution < 1.29 is 5.11 Å². The molecule has 0 aliphatic heterocycles. The zero-order chi connectivity index (χ0) is 12.3. The molecule has 1 unspecified atom stereocenters. The van der Waals surface area contributed by atoms with E-state index in [0.717, 1.165) is 22.9 Å². The summed E-state index contributed by atoms with van der Waals surface area (Å²) in [6.07, 6.45) is 7.01. The van der Waals surface area contributed by atoms with Crippen LogP contribution >= 0.6 is 27.5 Å². The van der Waals surface area contributed by atoms with Crippen LogP contribution in [0.25, 0.3) is 0 Å². The molecule has 0 bridgehead atoms. The fourth-order valence-electron chi connectivity index (χ4n) is 2.60. The Hall–Kier alpha value is -0.0500. The third kappa shape index (κ3) is 3.46. The van der Waals surface area contributed by atoms with Crippen LogP contribution < -0.4 is 0 Å². The monoisotopic (exact) mass is 316 g/mol. The lowest BCUT2D eigenvalue weighted by molar-refractivity contribution is 0.0988. The Bertz CT molecular complexity index is 372. The lowest BCUT2D eigenvalue weighted by Gasteiger charge is -2.21. The smallest absolute Gasteiger partial charge is 0.0818 e. The fourth-order valence-corrected chi connectivity index (χ4v) is 3.03. The van der Waals surface area contributed by atoms with E-state index >= 15 is 0 Å². The normalized spacial score (nSPS) is 19.9. The van der Waals surface area contributed by atoms with Crippen molar-refractivity contribution in [1.29, 1.82) is 0 Å². The Labute approximate surface area is 116 Å². The van der Waals surface area contributed by atoms with Crippen LogP contribution in [0.4, 0.5) is 0 Å². The van der Waals surface area contributed by atoms with Gasteiger partial charge in [-0.2, -0.15) is 0 Å². The first-order valence-corrected chi connectivity index (χ1v) is 7.48. The van der Waals surface area contributed by atoms with Crippen molar-refractivity contribution in [3.05, 3.63) is 33.3 Å². The van der Waals surface area contributed by atoms with Crippen molar-refractivity contribution in [2.75, 3.05) is 0 Å². The van der Waals surface area contributed by atoms with E-state index in [1.807, 2.05) is 18.2 Å². The molecule has 1 aliphatic rings. The van der Waals surface area contributed by atoms with Gasteiger partial charge in [-0.25, -0.2) is 0 Å². The second kappa shape index (κ2) is 6.21. The first kappa shape index (κ1) is 13.4. The zero-order valence-electron chi connectivity index (χ0n) is 9.83. The third-order valence-corrected chi connectivity index (χ3v) is 4.86. The summed E-state index contributed by atoms with van der Waals surface area (Å²) in [6.45, 7) is 0. The molecule has 94 valence electrons. The van der Waals surface area contributed by atoms with Gasteiger partial charge >= 0.3 is 0 Å². The maximum Gasteiger partial charge on any atom is 0.0818 e. The topological polar surface area (TPSA) is 20.2 Å². The quantitative estimate of drug-likeness (QED) is 0.752. The van der Waals surface area contributed by atoms with Gasteiger partial charge in [0.05, 0.1) is 11.1 Å². The van der Waals surface area contributed by atoms with Gasteiger partial charge in [0.1, 0.15) is 0 Å². The summed E-state index contributed by atoms with van der Waals surface area (Å²) in [4.78, 5) is 0. The molecule has 1 nitrogen and oxygen atoms in total. The molecule has 0 heterocycles. The summed E-state index contributed by atoms with van der Waals surface area (Å²) < 4.78 is 0.885. The second-order valence-corrected chi connectivity index (χ2v) is 6.13. The molecule has 1 aromatic carbocycles. The maximum absolute atomic E-state index is 10.4. The largest absolute Gasteiger partial charge is 0.388 e. The molecule has 0 aromatic heterocycles.